The number of phenolic OH excluding ortho intramolecular Hbond substituents is 2. The van der Waals surface area contributed by atoms with Crippen LogP contribution in [0.5, 0.6) is 11.5 Å². The molecule has 3 atom stereocenters. The molecule has 0 bridgehead atoms. The van der Waals surface area contributed by atoms with Crippen molar-refractivity contribution in [2.45, 2.75) is 50.0 Å². The predicted molar refractivity (Wildman–Crippen MR) is 122 cm³/mol. The van der Waals surface area contributed by atoms with Gasteiger partial charge in [-0.1, -0.05) is 26.0 Å². The van der Waals surface area contributed by atoms with Crippen molar-refractivity contribution in [2.24, 2.45) is 5.92 Å². The Bertz CT molecular complexity index is 1090. The highest BCUT2D eigenvalue weighted by molar-refractivity contribution is 7.89. The van der Waals surface area contributed by atoms with Crippen LogP contribution in [0.1, 0.15) is 56.2 Å². The third kappa shape index (κ3) is 3.92. The monoisotopic (exact) mass is 442 g/mol. The van der Waals surface area contributed by atoms with E-state index in [0.29, 0.717) is 18.0 Å². The van der Waals surface area contributed by atoms with E-state index in [0.717, 1.165) is 36.1 Å². The van der Waals surface area contributed by atoms with E-state index in [1.807, 2.05) is 26.0 Å². The van der Waals surface area contributed by atoms with Crippen LogP contribution < -0.4 is 5.32 Å². The summed E-state index contributed by atoms with van der Waals surface area (Å²) in [6.45, 7) is 5.00. The SMILES string of the molecule is CCCN(CCC)S(=O)(=O)c1ccc2c(c1)C1C=CCC1C(c1ccc(O)cc1O)N2. The summed E-state index contributed by atoms with van der Waals surface area (Å²) in [6.07, 6.45) is 6.64. The number of sulfonamides is 1. The predicted octanol–water partition coefficient (Wildman–Crippen LogP) is 4.74. The molecule has 0 fully saturated rings. The molecule has 0 radical (unpaired) electrons. The van der Waals surface area contributed by atoms with Crippen LogP contribution in [0.15, 0.2) is 53.4 Å². The lowest BCUT2D eigenvalue weighted by Gasteiger charge is -2.38. The second-order valence-corrected chi connectivity index (χ2v) is 10.3. The van der Waals surface area contributed by atoms with Gasteiger partial charge >= 0.3 is 0 Å². The van der Waals surface area contributed by atoms with Gasteiger partial charge in [0.25, 0.3) is 0 Å². The van der Waals surface area contributed by atoms with Crippen molar-refractivity contribution in [1.29, 1.82) is 0 Å². The second-order valence-electron chi connectivity index (χ2n) is 8.37. The topological polar surface area (TPSA) is 89.9 Å². The zero-order valence-electron chi connectivity index (χ0n) is 18.0. The molecule has 0 amide bonds. The molecule has 4 rings (SSSR count). The highest BCUT2D eigenvalue weighted by Gasteiger charge is 2.39. The Morgan fingerprint density at radius 1 is 1.03 bits per heavy atom. The molecule has 0 saturated carbocycles. The minimum absolute atomic E-state index is 0.0251. The lowest BCUT2D eigenvalue weighted by Crippen LogP contribution is -2.33. The molecular weight excluding hydrogens is 412 g/mol. The molecule has 1 aliphatic carbocycles. The fraction of sp³-hybridized carbons (Fsp3) is 0.417. The molecule has 0 saturated heterocycles. The lowest BCUT2D eigenvalue weighted by atomic mass is 9.77. The summed E-state index contributed by atoms with van der Waals surface area (Å²) in [7, 11) is -3.55. The van der Waals surface area contributed by atoms with Crippen LogP contribution in [0.4, 0.5) is 5.69 Å². The number of phenols is 2. The van der Waals surface area contributed by atoms with Gasteiger partial charge in [-0.25, -0.2) is 8.42 Å². The number of nitrogens with one attached hydrogen (secondary N) is 1. The van der Waals surface area contributed by atoms with Crippen LogP contribution in [0.2, 0.25) is 0 Å². The zero-order chi connectivity index (χ0) is 22.2. The average Bonchev–Trinajstić information content (AvgIpc) is 3.23. The fourth-order valence-corrected chi connectivity index (χ4v) is 6.50. The Morgan fingerprint density at radius 2 is 1.77 bits per heavy atom. The minimum Gasteiger partial charge on any atom is -0.508 e. The number of hydrogen-bond donors (Lipinski definition) is 3. The summed E-state index contributed by atoms with van der Waals surface area (Å²) in [4.78, 5) is 0.333. The van der Waals surface area contributed by atoms with Gasteiger partial charge in [-0.2, -0.15) is 4.31 Å². The first-order chi connectivity index (χ1) is 14.9. The molecule has 2 aromatic carbocycles. The van der Waals surface area contributed by atoms with E-state index in [4.69, 9.17) is 0 Å². The first kappa shape index (κ1) is 21.7. The first-order valence-electron chi connectivity index (χ1n) is 11.0. The van der Waals surface area contributed by atoms with E-state index in [1.54, 1.807) is 22.5 Å². The maximum Gasteiger partial charge on any atom is 0.243 e. The normalized spacial score (nSPS) is 22.2. The van der Waals surface area contributed by atoms with Crippen LogP contribution in [0, 0.1) is 5.92 Å². The summed E-state index contributed by atoms with van der Waals surface area (Å²) in [5.74, 6) is 0.302. The van der Waals surface area contributed by atoms with Crippen LogP contribution in [0.3, 0.4) is 0 Å². The molecule has 1 heterocycles. The Hall–Kier alpha value is -2.51. The minimum atomic E-state index is -3.55. The van der Waals surface area contributed by atoms with Gasteiger partial charge in [0.15, 0.2) is 0 Å². The molecule has 3 unspecified atom stereocenters. The molecule has 1 aliphatic heterocycles. The van der Waals surface area contributed by atoms with E-state index in [2.05, 4.69) is 17.5 Å². The fourth-order valence-electron chi connectivity index (χ4n) is 4.84. The molecule has 166 valence electrons. The molecular formula is C24H30N2O4S. The van der Waals surface area contributed by atoms with Gasteiger partial charge in [-0.3, -0.25) is 0 Å². The van der Waals surface area contributed by atoms with Crippen molar-refractivity contribution in [3.8, 4) is 11.5 Å². The summed E-state index contributed by atoms with van der Waals surface area (Å²) in [5, 5.41) is 23.6. The van der Waals surface area contributed by atoms with E-state index in [1.165, 1.54) is 6.07 Å². The average molecular weight is 443 g/mol. The highest BCUT2D eigenvalue weighted by atomic mass is 32.2. The van der Waals surface area contributed by atoms with Gasteiger partial charge in [0.1, 0.15) is 11.5 Å². The molecule has 0 spiro atoms. The first-order valence-corrected chi connectivity index (χ1v) is 12.4. The van der Waals surface area contributed by atoms with Gasteiger partial charge < -0.3 is 15.5 Å². The van der Waals surface area contributed by atoms with E-state index in [9.17, 15) is 18.6 Å². The number of anilines is 1. The van der Waals surface area contributed by atoms with E-state index >= 15 is 0 Å². The quantitative estimate of drug-likeness (QED) is 0.539. The Morgan fingerprint density at radius 3 is 2.45 bits per heavy atom. The van der Waals surface area contributed by atoms with Crippen molar-refractivity contribution in [3.05, 3.63) is 59.7 Å². The van der Waals surface area contributed by atoms with Gasteiger partial charge in [-0.15, -0.1) is 0 Å². The number of nitrogens with zero attached hydrogens (tertiary/aromatic N) is 1. The number of fused-ring (bicyclic) bond motifs is 3. The summed E-state index contributed by atoms with van der Waals surface area (Å²) >= 11 is 0. The van der Waals surface area contributed by atoms with Crippen LogP contribution in [-0.4, -0.2) is 36.0 Å². The van der Waals surface area contributed by atoms with Crippen LogP contribution >= 0.6 is 0 Å². The molecule has 31 heavy (non-hydrogen) atoms. The van der Waals surface area contributed by atoms with Crippen molar-refractivity contribution in [2.75, 3.05) is 18.4 Å². The van der Waals surface area contributed by atoms with Crippen molar-refractivity contribution < 1.29 is 18.6 Å². The van der Waals surface area contributed by atoms with Crippen LogP contribution in [-0.2, 0) is 10.0 Å². The molecule has 7 heteroatoms. The number of hydrogen-bond acceptors (Lipinski definition) is 5. The van der Waals surface area contributed by atoms with E-state index in [-0.39, 0.29) is 29.4 Å². The third-order valence-electron chi connectivity index (χ3n) is 6.27. The Kier molecular flexibility index (Phi) is 5.99. The number of aromatic hydroxyl groups is 2. The summed E-state index contributed by atoms with van der Waals surface area (Å²) < 4.78 is 28.1. The molecule has 3 N–H and O–H groups in total. The largest absolute Gasteiger partial charge is 0.508 e. The summed E-state index contributed by atoms with van der Waals surface area (Å²) in [5.41, 5.74) is 2.58. The Labute approximate surface area is 184 Å². The van der Waals surface area contributed by atoms with Gasteiger partial charge in [-0.05, 0) is 61.1 Å². The zero-order valence-corrected chi connectivity index (χ0v) is 18.8. The van der Waals surface area contributed by atoms with Crippen molar-refractivity contribution >= 4 is 15.7 Å². The number of rotatable bonds is 7. The Balaban J connectivity index is 1.72. The number of benzene rings is 2. The lowest BCUT2D eigenvalue weighted by molar-refractivity contribution is 0.397. The molecule has 0 aromatic heterocycles. The maximum atomic E-state index is 13.3. The highest BCUT2D eigenvalue weighted by Crippen LogP contribution is 2.51. The summed E-state index contributed by atoms with van der Waals surface area (Å²) in [6, 6.07) is 9.88. The third-order valence-corrected chi connectivity index (χ3v) is 8.16. The number of allylic oxidation sites excluding steroid dienone is 2. The van der Waals surface area contributed by atoms with Gasteiger partial charge in [0.2, 0.25) is 10.0 Å². The molecule has 6 nitrogen and oxygen atoms in total. The molecule has 2 aliphatic rings. The smallest absolute Gasteiger partial charge is 0.243 e. The van der Waals surface area contributed by atoms with Gasteiger partial charge in [0.05, 0.1) is 10.9 Å². The van der Waals surface area contributed by atoms with Gasteiger partial charge in [0, 0.05) is 36.3 Å². The standard InChI is InChI=1S/C24H30N2O4S/c1-3-12-26(13-4-2)31(29,30)17-9-11-22-21(15-17)18-6-5-7-19(18)24(25-22)20-10-8-16(27)14-23(20)28/h5-6,8-11,14-15,18-19,24-25,27-28H,3-4,7,12-13H2,1-2H3. The second kappa shape index (κ2) is 8.55. The van der Waals surface area contributed by atoms with Crippen LogP contribution in [0.25, 0.3) is 0 Å². The maximum absolute atomic E-state index is 13.3. The van der Waals surface area contributed by atoms with E-state index < -0.39 is 10.0 Å². The van der Waals surface area contributed by atoms with Crippen molar-refractivity contribution in [3.63, 3.8) is 0 Å². The molecule has 2 aromatic rings. The van der Waals surface area contributed by atoms with Crippen molar-refractivity contribution in [1.82, 2.24) is 4.31 Å².